The SMILES string of the molecule is O=C(O)CCn1ccccc1=NN=C(N=NCC(C(=O)O)[n+]1cn(C(=O)O)c2ccccc21)c1ccccc1.[Cl-]. The monoisotopic (exact) mass is 565 g/mol. The molecule has 1 unspecified atom stereocenters. The lowest BCUT2D eigenvalue weighted by molar-refractivity contribution is -0.683. The Morgan fingerprint density at radius 1 is 0.900 bits per heavy atom. The zero-order valence-electron chi connectivity index (χ0n) is 20.9. The van der Waals surface area contributed by atoms with Gasteiger partial charge in [-0.15, -0.1) is 19.9 Å². The van der Waals surface area contributed by atoms with E-state index in [-0.39, 0.29) is 37.8 Å². The third kappa shape index (κ3) is 7.02. The van der Waals surface area contributed by atoms with Gasteiger partial charge in [0.1, 0.15) is 6.54 Å². The van der Waals surface area contributed by atoms with Crippen LogP contribution in [0.5, 0.6) is 0 Å². The van der Waals surface area contributed by atoms with Crippen LogP contribution in [0.4, 0.5) is 4.79 Å². The Morgan fingerprint density at radius 2 is 1.60 bits per heavy atom. The molecule has 13 nitrogen and oxygen atoms in total. The van der Waals surface area contributed by atoms with Gasteiger partial charge in [-0.05, 0) is 24.3 Å². The van der Waals surface area contributed by atoms with Crippen molar-refractivity contribution in [2.75, 3.05) is 6.54 Å². The Kier molecular flexibility index (Phi) is 9.97. The number of aromatic nitrogens is 3. The van der Waals surface area contributed by atoms with Gasteiger partial charge in [-0.25, -0.2) is 9.36 Å². The fourth-order valence-corrected chi connectivity index (χ4v) is 3.79. The molecule has 0 aliphatic rings. The smallest absolute Gasteiger partial charge is 0.509 e. The van der Waals surface area contributed by atoms with Crippen molar-refractivity contribution in [2.45, 2.75) is 19.0 Å². The van der Waals surface area contributed by atoms with Gasteiger partial charge in [0.15, 0.2) is 16.5 Å². The van der Waals surface area contributed by atoms with E-state index < -0.39 is 24.1 Å². The molecule has 206 valence electrons. The Balaban J connectivity index is 0.00000441. The number of pyridine rings is 1. The predicted octanol–water partition coefficient (Wildman–Crippen LogP) is -0.224. The van der Waals surface area contributed by atoms with Crippen molar-refractivity contribution in [2.24, 2.45) is 20.4 Å². The van der Waals surface area contributed by atoms with E-state index >= 15 is 0 Å². The minimum absolute atomic E-state index is 0. The van der Waals surface area contributed by atoms with E-state index in [1.807, 2.05) is 6.07 Å². The van der Waals surface area contributed by atoms with Crippen molar-refractivity contribution in [1.29, 1.82) is 0 Å². The second-order valence-electron chi connectivity index (χ2n) is 8.23. The van der Waals surface area contributed by atoms with Crippen molar-refractivity contribution in [3.63, 3.8) is 0 Å². The fourth-order valence-electron chi connectivity index (χ4n) is 3.79. The van der Waals surface area contributed by atoms with Crippen LogP contribution >= 0.6 is 0 Å². The van der Waals surface area contributed by atoms with Crippen LogP contribution in [0.15, 0.2) is 106 Å². The molecule has 14 heteroatoms. The number of rotatable bonds is 9. The molecule has 0 bridgehead atoms. The molecule has 0 aliphatic heterocycles. The summed E-state index contributed by atoms with van der Waals surface area (Å²) in [5.74, 6) is -2.07. The average molecular weight is 566 g/mol. The molecule has 2 heterocycles. The molecule has 0 aliphatic carbocycles. The van der Waals surface area contributed by atoms with Crippen molar-refractivity contribution in [3.05, 3.63) is 96.4 Å². The molecule has 0 saturated carbocycles. The molecule has 2 aromatic carbocycles. The number of para-hydroxylation sites is 2. The van der Waals surface area contributed by atoms with Crippen LogP contribution in [-0.2, 0) is 16.1 Å². The first-order valence-corrected chi connectivity index (χ1v) is 11.7. The molecule has 0 amide bonds. The molecule has 2 aromatic heterocycles. The summed E-state index contributed by atoms with van der Waals surface area (Å²) in [6, 6.07) is 19.3. The predicted molar refractivity (Wildman–Crippen MR) is 137 cm³/mol. The second kappa shape index (κ2) is 13.6. The van der Waals surface area contributed by atoms with Gasteiger partial charge in [-0.1, -0.05) is 48.5 Å². The van der Waals surface area contributed by atoms with Crippen molar-refractivity contribution in [3.8, 4) is 0 Å². The molecule has 4 rings (SSSR count). The molecule has 3 N–H and O–H groups in total. The zero-order valence-corrected chi connectivity index (χ0v) is 21.6. The van der Waals surface area contributed by atoms with Crippen molar-refractivity contribution < 1.29 is 46.7 Å². The summed E-state index contributed by atoms with van der Waals surface area (Å²) >= 11 is 0. The summed E-state index contributed by atoms with van der Waals surface area (Å²) in [6.07, 6.45) is 1.54. The maximum atomic E-state index is 12.2. The largest absolute Gasteiger partial charge is 1.00 e. The number of carbonyl (C=O) groups is 3. The number of carboxylic acids is 2. The summed E-state index contributed by atoms with van der Waals surface area (Å²) in [4.78, 5) is 34.8. The van der Waals surface area contributed by atoms with E-state index in [2.05, 4.69) is 20.4 Å². The second-order valence-corrected chi connectivity index (χ2v) is 8.23. The molecule has 1 atom stereocenters. The topological polar surface area (TPSA) is 175 Å². The molecule has 0 spiro atoms. The first-order chi connectivity index (χ1) is 18.8. The molecule has 4 aromatic rings. The number of imidazole rings is 1. The van der Waals surface area contributed by atoms with Gasteiger partial charge >= 0.3 is 18.0 Å². The number of nitrogens with zero attached hydrogens (tertiary/aromatic N) is 7. The molecule has 0 saturated heterocycles. The molecule has 0 radical (unpaired) electrons. The zero-order chi connectivity index (χ0) is 27.8. The van der Waals surface area contributed by atoms with Gasteiger partial charge in [0.25, 0.3) is 6.33 Å². The number of halogens is 1. The number of hydrogen-bond acceptors (Lipinski definition) is 6. The summed E-state index contributed by atoms with van der Waals surface area (Å²) in [6.45, 7) is -0.127. The highest BCUT2D eigenvalue weighted by molar-refractivity contribution is 5.99. The third-order valence-electron chi connectivity index (χ3n) is 5.67. The first-order valence-electron chi connectivity index (χ1n) is 11.7. The average Bonchev–Trinajstić information content (AvgIpc) is 3.32. The minimum Gasteiger partial charge on any atom is -1.00 e. The van der Waals surface area contributed by atoms with Crippen molar-refractivity contribution >= 4 is 34.9 Å². The lowest BCUT2D eigenvalue weighted by Gasteiger charge is -2.06. The Hall–Kier alpha value is -5.17. The standard InChI is InChI=1S/C26H23N7O6.ClH/c34-23(35)13-15-31-14-7-6-12-22(31)28-30-24(18-8-2-1-3-9-18)29-27-16-21(25(36)37)32-17-33(26(38)39)20-11-5-4-10-19(20)32;/h1-12,14,17,21H,13,15-16H2,(H2-,34,35,36,37,38,39);1H. The Labute approximate surface area is 233 Å². The first kappa shape index (κ1) is 29.4. The van der Waals surface area contributed by atoms with Crippen LogP contribution in [0.1, 0.15) is 18.0 Å². The fraction of sp³-hybridized carbons (Fsp3) is 0.154. The number of hydrogen-bond donors (Lipinski definition) is 3. The third-order valence-corrected chi connectivity index (χ3v) is 5.67. The maximum absolute atomic E-state index is 12.2. The van der Waals surface area contributed by atoms with Gasteiger partial charge in [0.2, 0.25) is 11.9 Å². The quantitative estimate of drug-likeness (QED) is 0.0830. The van der Waals surface area contributed by atoms with Gasteiger partial charge in [0.05, 0.1) is 6.42 Å². The summed E-state index contributed by atoms with van der Waals surface area (Å²) in [5, 5.41) is 45.2. The van der Waals surface area contributed by atoms with Crippen LogP contribution < -0.4 is 22.5 Å². The molecular weight excluding hydrogens is 542 g/mol. The summed E-state index contributed by atoms with van der Waals surface area (Å²) < 4.78 is 3.90. The van der Waals surface area contributed by atoms with Crippen LogP contribution in [0, 0.1) is 0 Å². The number of aliphatic carboxylic acids is 2. The van der Waals surface area contributed by atoms with Gasteiger partial charge < -0.3 is 32.3 Å². The van der Waals surface area contributed by atoms with Gasteiger partial charge in [-0.3, -0.25) is 4.79 Å². The van der Waals surface area contributed by atoms with E-state index in [1.54, 1.807) is 77.5 Å². The van der Waals surface area contributed by atoms with E-state index in [0.29, 0.717) is 22.1 Å². The Bertz CT molecular complexity index is 1650. The van der Waals surface area contributed by atoms with E-state index in [4.69, 9.17) is 5.11 Å². The number of amidine groups is 1. The maximum Gasteiger partial charge on any atom is 0.509 e. The molecule has 40 heavy (non-hydrogen) atoms. The highest BCUT2D eigenvalue weighted by Crippen LogP contribution is 2.14. The lowest BCUT2D eigenvalue weighted by atomic mass is 10.2. The van der Waals surface area contributed by atoms with E-state index in [9.17, 15) is 24.6 Å². The normalized spacial score (nSPS) is 12.8. The van der Waals surface area contributed by atoms with Crippen LogP contribution in [0.3, 0.4) is 0 Å². The van der Waals surface area contributed by atoms with Crippen LogP contribution in [0.25, 0.3) is 11.0 Å². The number of benzene rings is 2. The minimum atomic E-state index is -1.25. The summed E-state index contributed by atoms with van der Waals surface area (Å²) in [5.41, 5.74) is 1.70. The lowest BCUT2D eigenvalue weighted by Crippen LogP contribution is -3.00. The molecule has 0 fully saturated rings. The Morgan fingerprint density at radius 3 is 2.30 bits per heavy atom. The number of carboxylic acid groups (broad SMARTS) is 3. The van der Waals surface area contributed by atoms with Crippen molar-refractivity contribution in [1.82, 2.24) is 9.13 Å². The van der Waals surface area contributed by atoms with E-state index in [0.717, 1.165) is 4.57 Å². The van der Waals surface area contributed by atoms with Crippen LogP contribution in [0.2, 0.25) is 0 Å². The van der Waals surface area contributed by atoms with Gasteiger partial charge in [0, 0.05) is 18.3 Å². The van der Waals surface area contributed by atoms with Crippen LogP contribution in [-0.4, -0.2) is 54.9 Å². The van der Waals surface area contributed by atoms with E-state index in [1.165, 1.54) is 10.9 Å². The number of fused-ring (bicyclic) bond motifs is 1. The highest BCUT2D eigenvalue weighted by atomic mass is 35.5. The number of azo groups is 1. The molecular formula is C26H24ClN7O6. The number of aryl methyl sites for hydroxylation is 1. The highest BCUT2D eigenvalue weighted by Gasteiger charge is 2.30. The summed E-state index contributed by atoms with van der Waals surface area (Å²) in [7, 11) is 0. The van der Waals surface area contributed by atoms with Gasteiger partial charge in [-0.2, -0.15) is 9.91 Å².